The lowest BCUT2D eigenvalue weighted by Gasteiger charge is -2.05. The Labute approximate surface area is 177 Å². The van der Waals surface area contributed by atoms with E-state index >= 15 is 0 Å². The van der Waals surface area contributed by atoms with Gasteiger partial charge in [-0.25, -0.2) is 0 Å². The molecule has 0 N–H and O–H groups in total. The second kappa shape index (κ2) is 8.62. The van der Waals surface area contributed by atoms with E-state index < -0.39 is 31.8 Å². The van der Waals surface area contributed by atoms with E-state index in [1.165, 1.54) is 26.0 Å². The topological polar surface area (TPSA) is 129 Å². The third-order valence-electron chi connectivity index (χ3n) is 4.23. The van der Waals surface area contributed by atoms with Crippen molar-refractivity contribution in [3.05, 3.63) is 108 Å². The highest BCUT2D eigenvalue weighted by Gasteiger charge is 2.21. The summed E-state index contributed by atoms with van der Waals surface area (Å²) in [6.45, 7) is 0. The zero-order valence-corrected chi connectivity index (χ0v) is 16.7. The van der Waals surface area contributed by atoms with Crippen LogP contribution in [0.5, 0.6) is 0 Å². The fraction of sp³-hybridized carbons (Fsp3) is 0. The monoisotopic (exact) mass is 469 g/mol. The van der Waals surface area contributed by atoms with Gasteiger partial charge < -0.3 is 0 Å². The molecule has 4 aromatic carbocycles. The molecule has 9 nitrogen and oxygen atoms in total. The molecule has 150 valence electrons. The second-order valence-electron chi connectivity index (χ2n) is 6.11. The first-order valence-electron chi connectivity index (χ1n) is 8.42. The first-order valence-corrected chi connectivity index (χ1v) is 9.21. The number of non-ortho nitro benzene ring substituents is 3. The highest BCUT2D eigenvalue weighted by Crippen LogP contribution is 2.32. The number of hydrogen-bond donors (Lipinski definition) is 0. The molecule has 4 aromatic rings. The lowest BCUT2D eigenvalue weighted by molar-refractivity contribution is -0.403. The van der Waals surface area contributed by atoms with Gasteiger partial charge in [0.1, 0.15) is 0 Å². The number of nitrogens with zero attached hydrogens (tertiary/aromatic N) is 3. The standard InChI is InChI=1S/C14H9Br.C6H3N3O6/c15-14-12-7-3-1-5-10(12)9-11-6-2-4-8-13(11)14;10-7(11)4-1-5(8(12)13)3-6(2-4)9(14)15/h1-9H;1-3H. The number of fused-ring (bicyclic) bond motifs is 2. The highest BCUT2D eigenvalue weighted by atomic mass is 79.9. The summed E-state index contributed by atoms with van der Waals surface area (Å²) in [5.41, 5.74) is -2.05. The molecule has 0 heterocycles. The van der Waals surface area contributed by atoms with Crippen molar-refractivity contribution in [2.45, 2.75) is 0 Å². The van der Waals surface area contributed by atoms with Gasteiger partial charge >= 0.3 is 0 Å². The van der Waals surface area contributed by atoms with Crippen LogP contribution in [0.4, 0.5) is 17.1 Å². The van der Waals surface area contributed by atoms with E-state index in [4.69, 9.17) is 0 Å². The minimum atomic E-state index is -0.931. The van der Waals surface area contributed by atoms with Gasteiger partial charge in [0.25, 0.3) is 17.1 Å². The van der Waals surface area contributed by atoms with Crippen molar-refractivity contribution in [3.63, 3.8) is 0 Å². The summed E-state index contributed by atoms with van der Waals surface area (Å²) >= 11 is 3.68. The van der Waals surface area contributed by atoms with Crippen molar-refractivity contribution < 1.29 is 14.8 Å². The summed E-state index contributed by atoms with van der Waals surface area (Å²) in [6.07, 6.45) is 0. The average molecular weight is 470 g/mol. The van der Waals surface area contributed by atoms with Crippen LogP contribution < -0.4 is 0 Å². The minimum Gasteiger partial charge on any atom is -0.258 e. The summed E-state index contributed by atoms with van der Waals surface area (Å²) in [5.74, 6) is 0. The molecule has 0 atom stereocenters. The van der Waals surface area contributed by atoms with E-state index in [1.54, 1.807) is 0 Å². The summed E-state index contributed by atoms with van der Waals surface area (Å²) in [5, 5.41) is 36.0. The third kappa shape index (κ3) is 4.39. The van der Waals surface area contributed by atoms with Crippen molar-refractivity contribution in [1.29, 1.82) is 0 Å². The van der Waals surface area contributed by atoms with Crippen molar-refractivity contribution >= 4 is 54.5 Å². The van der Waals surface area contributed by atoms with Crippen LogP contribution in [0.25, 0.3) is 21.5 Å². The van der Waals surface area contributed by atoms with E-state index in [9.17, 15) is 30.3 Å². The molecule has 30 heavy (non-hydrogen) atoms. The molecular formula is C20H12BrN3O6. The fourth-order valence-electron chi connectivity index (χ4n) is 2.85. The van der Waals surface area contributed by atoms with Crippen LogP contribution in [0.15, 0.2) is 77.3 Å². The van der Waals surface area contributed by atoms with Crippen LogP contribution in [0.2, 0.25) is 0 Å². The van der Waals surface area contributed by atoms with Crippen LogP contribution in [0.3, 0.4) is 0 Å². The molecule has 0 aromatic heterocycles. The van der Waals surface area contributed by atoms with E-state index in [2.05, 4.69) is 70.5 Å². The van der Waals surface area contributed by atoms with Gasteiger partial charge in [0.05, 0.1) is 33.0 Å². The molecule has 0 saturated heterocycles. The van der Waals surface area contributed by atoms with Crippen LogP contribution >= 0.6 is 15.9 Å². The Morgan fingerprint density at radius 1 is 0.567 bits per heavy atom. The van der Waals surface area contributed by atoms with Crippen LogP contribution in [0, 0.1) is 30.3 Å². The zero-order valence-electron chi connectivity index (χ0n) is 15.1. The molecule has 0 aliphatic heterocycles. The molecule has 0 bridgehead atoms. The number of nitro benzene ring substituents is 3. The smallest absolute Gasteiger partial charge is 0.258 e. The molecule has 4 rings (SSSR count). The first-order chi connectivity index (χ1) is 14.3. The lowest BCUT2D eigenvalue weighted by atomic mass is 10.0. The minimum absolute atomic E-state index is 0.660. The van der Waals surface area contributed by atoms with Gasteiger partial charge in [-0.2, -0.15) is 0 Å². The van der Waals surface area contributed by atoms with E-state index in [-0.39, 0.29) is 0 Å². The molecule has 0 fully saturated rings. The van der Waals surface area contributed by atoms with Crippen molar-refractivity contribution in [3.8, 4) is 0 Å². The Kier molecular flexibility index (Phi) is 5.98. The van der Waals surface area contributed by atoms with E-state index in [1.807, 2.05) is 0 Å². The van der Waals surface area contributed by atoms with E-state index in [0.717, 1.165) is 0 Å². The van der Waals surface area contributed by atoms with Gasteiger partial charge in [0.2, 0.25) is 0 Å². The Morgan fingerprint density at radius 3 is 1.23 bits per heavy atom. The molecule has 0 spiro atoms. The average Bonchev–Trinajstić information content (AvgIpc) is 2.74. The molecular weight excluding hydrogens is 458 g/mol. The van der Waals surface area contributed by atoms with Gasteiger partial charge in [-0.15, -0.1) is 0 Å². The van der Waals surface area contributed by atoms with E-state index in [0.29, 0.717) is 18.2 Å². The van der Waals surface area contributed by atoms with Gasteiger partial charge in [0, 0.05) is 4.47 Å². The maximum atomic E-state index is 10.3. The second-order valence-corrected chi connectivity index (χ2v) is 6.90. The molecule has 0 aliphatic carbocycles. The quantitative estimate of drug-likeness (QED) is 0.200. The Balaban J connectivity index is 0.000000171. The Hall–Kier alpha value is -3.92. The predicted octanol–water partition coefficient (Wildman–Crippen LogP) is 6.17. The van der Waals surface area contributed by atoms with Gasteiger partial charge in [-0.05, 0) is 43.5 Å². The fourth-order valence-corrected chi connectivity index (χ4v) is 3.58. The van der Waals surface area contributed by atoms with Gasteiger partial charge in [0.15, 0.2) is 0 Å². The Morgan fingerprint density at radius 2 is 0.900 bits per heavy atom. The largest absolute Gasteiger partial charge is 0.283 e. The number of rotatable bonds is 3. The maximum absolute atomic E-state index is 10.3. The summed E-state index contributed by atoms with van der Waals surface area (Å²) < 4.78 is 1.19. The van der Waals surface area contributed by atoms with Crippen molar-refractivity contribution in [1.82, 2.24) is 0 Å². The molecule has 0 unspecified atom stereocenters. The zero-order chi connectivity index (χ0) is 21.8. The van der Waals surface area contributed by atoms with Gasteiger partial charge in [-0.1, -0.05) is 48.5 Å². The third-order valence-corrected chi connectivity index (χ3v) is 5.08. The van der Waals surface area contributed by atoms with Crippen LogP contribution in [-0.2, 0) is 0 Å². The summed E-state index contributed by atoms with van der Waals surface area (Å²) in [6, 6.07) is 21.1. The predicted molar refractivity (Wildman–Crippen MR) is 116 cm³/mol. The summed E-state index contributed by atoms with van der Waals surface area (Å²) in [7, 11) is 0. The number of halogens is 1. The van der Waals surface area contributed by atoms with Crippen LogP contribution in [0.1, 0.15) is 0 Å². The maximum Gasteiger partial charge on any atom is 0.283 e. The number of hydrogen-bond acceptors (Lipinski definition) is 6. The summed E-state index contributed by atoms with van der Waals surface area (Å²) in [4.78, 5) is 28.1. The van der Waals surface area contributed by atoms with Crippen molar-refractivity contribution in [2.75, 3.05) is 0 Å². The molecule has 0 amide bonds. The molecule has 0 saturated carbocycles. The highest BCUT2D eigenvalue weighted by molar-refractivity contribution is 9.10. The van der Waals surface area contributed by atoms with Crippen LogP contribution in [-0.4, -0.2) is 14.8 Å². The molecule has 0 radical (unpaired) electrons. The number of benzene rings is 4. The SMILES string of the molecule is Brc1c2ccccc2cc2ccccc12.O=[N+]([O-])c1cc([N+](=O)[O-])cc([N+](=O)[O-])c1. The Bertz CT molecular complexity index is 1180. The van der Waals surface area contributed by atoms with Gasteiger partial charge in [-0.3, -0.25) is 30.3 Å². The van der Waals surface area contributed by atoms with Crippen molar-refractivity contribution in [2.24, 2.45) is 0 Å². The molecule has 10 heteroatoms. The number of nitro groups is 3. The first kappa shape index (κ1) is 20.8. The molecule has 0 aliphatic rings. The normalized spacial score (nSPS) is 10.3. The lowest BCUT2D eigenvalue weighted by Crippen LogP contribution is -1.96.